The Morgan fingerprint density at radius 3 is 2.89 bits per heavy atom. The van der Waals surface area contributed by atoms with Crippen molar-refractivity contribution in [2.75, 3.05) is 5.75 Å². The number of thiocarbonyl (C=S) groups is 1. The summed E-state index contributed by atoms with van der Waals surface area (Å²) in [6.45, 7) is 2.15. The maximum Gasteiger partial charge on any atom is 0.173 e. The number of rotatable bonds is 4. The highest BCUT2D eigenvalue weighted by Crippen LogP contribution is 1.97. The first-order chi connectivity index (χ1) is 4.27. The van der Waals surface area contributed by atoms with E-state index in [9.17, 15) is 0 Å². The van der Waals surface area contributed by atoms with Crippen LogP contribution in [0.4, 0.5) is 0 Å². The summed E-state index contributed by atoms with van der Waals surface area (Å²) in [5.74, 6) is 1.08. The molecule has 4 heteroatoms. The molecular formula is C5H12N2S2. The van der Waals surface area contributed by atoms with Crippen molar-refractivity contribution in [1.29, 1.82) is 0 Å². The molecule has 54 valence electrons. The highest BCUT2D eigenvalue weighted by molar-refractivity contribution is 7.98. The second kappa shape index (κ2) is 6.16. The molecule has 0 atom stereocenters. The van der Waals surface area contributed by atoms with E-state index in [-0.39, 0.29) is 0 Å². The molecule has 0 aromatic carbocycles. The Bertz CT molecular complexity index is 85.0. The van der Waals surface area contributed by atoms with Crippen LogP contribution in [0.25, 0.3) is 0 Å². The summed E-state index contributed by atoms with van der Waals surface area (Å²) >= 11 is 6.16. The number of hydrogen-bond donors (Lipinski definition) is 2. The molecule has 0 unspecified atom stereocenters. The molecule has 0 saturated heterocycles. The van der Waals surface area contributed by atoms with Crippen molar-refractivity contribution < 1.29 is 0 Å². The Morgan fingerprint density at radius 2 is 2.44 bits per heavy atom. The van der Waals surface area contributed by atoms with Gasteiger partial charge in [-0.2, -0.15) is 0 Å². The minimum absolute atomic E-state index is 0.371. The van der Waals surface area contributed by atoms with Gasteiger partial charge in [-0.05, 0) is 18.6 Å². The van der Waals surface area contributed by atoms with Gasteiger partial charge in [-0.15, -0.1) is 0 Å². The van der Waals surface area contributed by atoms with Crippen molar-refractivity contribution in [3.05, 3.63) is 0 Å². The van der Waals surface area contributed by atoms with Crippen LogP contribution in [-0.4, -0.2) is 10.9 Å². The molecule has 0 fully saturated rings. The van der Waals surface area contributed by atoms with Gasteiger partial charge in [0, 0.05) is 5.75 Å². The molecule has 0 heterocycles. The molecule has 0 bridgehead atoms. The molecule has 0 amide bonds. The zero-order valence-corrected chi connectivity index (χ0v) is 7.15. The fourth-order valence-corrected chi connectivity index (χ4v) is 1.19. The first kappa shape index (κ1) is 9.04. The standard InChI is InChI=1S/C5H12N2S2/c1-2-3-4-9-7-5(6)8/h2-4H2,1H3,(H3,6,7,8). The Hall–Kier alpha value is 0.0400. The lowest BCUT2D eigenvalue weighted by Crippen LogP contribution is -2.22. The second-order valence-corrected chi connectivity index (χ2v) is 3.01. The van der Waals surface area contributed by atoms with Crippen LogP contribution in [0.1, 0.15) is 19.8 Å². The van der Waals surface area contributed by atoms with E-state index in [1.807, 2.05) is 0 Å². The third kappa shape index (κ3) is 8.04. The van der Waals surface area contributed by atoms with Crippen LogP contribution in [0.15, 0.2) is 0 Å². The molecule has 0 aliphatic heterocycles. The SMILES string of the molecule is CCCCSNC(N)=S. The van der Waals surface area contributed by atoms with Gasteiger partial charge in [-0.1, -0.05) is 25.3 Å². The number of unbranched alkanes of at least 4 members (excludes halogenated alkanes) is 1. The summed E-state index contributed by atoms with van der Waals surface area (Å²) in [5.41, 5.74) is 5.17. The maximum atomic E-state index is 5.17. The Balaban J connectivity index is 2.83. The summed E-state index contributed by atoms with van der Waals surface area (Å²) in [4.78, 5) is 0. The summed E-state index contributed by atoms with van der Waals surface area (Å²) in [7, 11) is 0. The molecule has 0 aliphatic carbocycles. The Labute approximate surface area is 65.7 Å². The van der Waals surface area contributed by atoms with Gasteiger partial charge < -0.3 is 10.5 Å². The first-order valence-corrected chi connectivity index (χ1v) is 4.34. The van der Waals surface area contributed by atoms with Gasteiger partial charge >= 0.3 is 0 Å². The van der Waals surface area contributed by atoms with E-state index in [2.05, 4.69) is 23.9 Å². The molecule has 3 N–H and O–H groups in total. The van der Waals surface area contributed by atoms with Gasteiger partial charge in [0.25, 0.3) is 0 Å². The van der Waals surface area contributed by atoms with Crippen molar-refractivity contribution in [2.45, 2.75) is 19.8 Å². The van der Waals surface area contributed by atoms with E-state index in [4.69, 9.17) is 5.73 Å². The minimum Gasteiger partial charge on any atom is -0.376 e. The quantitative estimate of drug-likeness (QED) is 0.373. The van der Waals surface area contributed by atoms with Gasteiger partial charge in [0.2, 0.25) is 0 Å². The van der Waals surface area contributed by atoms with Crippen LogP contribution >= 0.6 is 24.2 Å². The van der Waals surface area contributed by atoms with E-state index in [0.29, 0.717) is 5.11 Å². The molecular weight excluding hydrogens is 152 g/mol. The van der Waals surface area contributed by atoms with Crippen LogP contribution in [-0.2, 0) is 0 Å². The summed E-state index contributed by atoms with van der Waals surface area (Å²) in [6.07, 6.45) is 2.42. The van der Waals surface area contributed by atoms with Crippen molar-refractivity contribution >= 4 is 29.3 Å². The summed E-state index contributed by atoms with van der Waals surface area (Å²) in [5, 5.41) is 0.371. The van der Waals surface area contributed by atoms with Gasteiger partial charge in [0.1, 0.15) is 0 Å². The topological polar surface area (TPSA) is 38.0 Å². The Morgan fingerprint density at radius 1 is 1.78 bits per heavy atom. The molecule has 0 rings (SSSR count). The summed E-state index contributed by atoms with van der Waals surface area (Å²) < 4.78 is 2.81. The molecule has 0 spiro atoms. The molecule has 0 aromatic rings. The largest absolute Gasteiger partial charge is 0.376 e. The predicted molar refractivity (Wildman–Crippen MR) is 47.3 cm³/mol. The molecule has 9 heavy (non-hydrogen) atoms. The molecule has 2 nitrogen and oxygen atoms in total. The predicted octanol–water partition coefficient (Wildman–Crippen LogP) is 1.27. The van der Waals surface area contributed by atoms with Crippen LogP contribution < -0.4 is 10.5 Å². The van der Waals surface area contributed by atoms with Gasteiger partial charge in [0.05, 0.1) is 0 Å². The number of nitrogens with one attached hydrogen (secondary N) is 1. The molecule has 0 radical (unpaired) electrons. The van der Waals surface area contributed by atoms with Crippen LogP contribution in [0, 0.1) is 0 Å². The van der Waals surface area contributed by atoms with Crippen molar-refractivity contribution in [1.82, 2.24) is 4.72 Å². The summed E-state index contributed by atoms with van der Waals surface area (Å²) in [6, 6.07) is 0. The molecule has 0 saturated carbocycles. The second-order valence-electron chi connectivity index (χ2n) is 1.67. The van der Waals surface area contributed by atoms with E-state index >= 15 is 0 Å². The number of nitrogens with two attached hydrogens (primary N) is 1. The lowest BCUT2D eigenvalue weighted by Gasteiger charge is -1.99. The number of hydrogen-bond acceptors (Lipinski definition) is 2. The van der Waals surface area contributed by atoms with Gasteiger partial charge in [-0.25, -0.2) is 0 Å². The zero-order chi connectivity index (χ0) is 7.11. The molecule has 0 aliphatic rings. The average molecular weight is 164 g/mol. The minimum atomic E-state index is 0.371. The lowest BCUT2D eigenvalue weighted by atomic mass is 10.4. The van der Waals surface area contributed by atoms with Crippen molar-refractivity contribution in [2.24, 2.45) is 5.73 Å². The maximum absolute atomic E-state index is 5.17. The normalized spacial score (nSPS) is 9.00. The van der Waals surface area contributed by atoms with E-state index in [0.717, 1.165) is 5.75 Å². The third-order valence-electron chi connectivity index (χ3n) is 0.773. The Kier molecular flexibility index (Phi) is 6.19. The first-order valence-electron chi connectivity index (χ1n) is 2.94. The van der Waals surface area contributed by atoms with Crippen LogP contribution in [0.3, 0.4) is 0 Å². The van der Waals surface area contributed by atoms with E-state index in [1.165, 1.54) is 12.8 Å². The van der Waals surface area contributed by atoms with Crippen molar-refractivity contribution in [3.8, 4) is 0 Å². The van der Waals surface area contributed by atoms with E-state index in [1.54, 1.807) is 11.9 Å². The smallest absolute Gasteiger partial charge is 0.173 e. The van der Waals surface area contributed by atoms with Gasteiger partial charge in [-0.3, -0.25) is 0 Å². The molecule has 0 aromatic heterocycles. The highest BCUT2D eigenvalue weighted by atomic mass is 32.2. The van der Waals surface area contributed by atoms with Crippen LogP contribution in [0.5, 0.6) is 0 Å². The average Bonchev–Trinajstić information content (AvgIpc) is 1.80. The van der Waals surface area contributed by atoms with Crippen molar-refractivity contribution in [3.63, 3.8) is 0 Å². The van der Waals surface area contributed by atoms with Crippen LogP contribution in [0.2, 0.25) is 0 Å². The van der Waals surface area contributed by atoms with Gasteiger partial charge in [0.15, 0.2) is 5.11 Å². The third-order valence-corrected chi connectivity index (χ3v) is 1.86. The fourth-order valence-electron chi connectivity index (χ4n) is 0.339. The zero-order valence-electron chi connectivity index (χ0n) is 5.52. The fraction of sp³-hybridized carbons (Fsp3) is 0.800. The highest BCUT2D eigenvalue weighted by Gasteiger charge is 1.86. The lowest BCUT2D eigenvalue weighted by molar-refractivity contribution is 0.895. The monoisotopic (exact) mass is 164 g/mol. The van der Waals surface area contributed by atoms with E-state index < -0.39 is 0 Å².